The monoisotopic (exact) mass is 534 g/mol. The molecule has 216 valence electrons. The van der Waals surface area contributed by atoms with E-state index in [1.54, 1.807) is 18.2 Å². The summed E-state index contributed by atoms with van der Waals surface area (Å²) in [5.41, 5.74) is 14.0. The zero-order chi connectivity index (χ0) is 27.9. The Morgan fingerprint density at radius 3 is 2.44 bits per heavy atom. The summed E-state index contributed by atoms with van der Waals surface area (Å²) in [6, 6.07) is 5.00. The first-order valence-electron chi connectivity index (χ1n) is 16.1. The van der Waals surface area contributed by atoms with Crippen molar-refractivity contribution in [3.8, 4) is 0 Å². The normalized spacial score (nSPS) is 38.4. The summed E-state index contributed by atoms with van der Waals surface area (Å²) in [4.78, 5) is 12.9. The van der Waals surface area contributed by atoms with Crippen LogP contribution in [-0.2, 0) is 4.74 Å². The first kappa shape index (κ1) is 28.6. The van der Waals surface area contributed by atoms with Crippen LogP contribution in [0.1, 0.15) is 115 Å². The van der Waals surface area contributed by atoms with Crippen LogP contribution in [0.15, 0.2) is 30.9 Å². The Bertz CT molecular complexity index is 1030. The highest BCUT2D eigenvalue weighted by Gasteiger charge is 2.61. The lowest BCUT2D eigenvalue weighted by Crippen LogP contribution is -2.54. The third-order valence-corrected chi connectivity index (χ3v) is 12.3. The predicted molar refractivity (Wildman–Crippen MR) is 162 cm³/mol. The minimum atomic E-state index is -0.299. The van der Waals surface area contributed by atoms with Gasteiger partial charge in [-0.1, -0.05) is 53.0 Å². The molecule has 0 aromatic heterocycles. The number of rotatable bonds is 8. The van der Waals surface area contributed by atoms with Crippen molar-refractivity contribution >= 4 is 17.3 Å². The highest BCUT2D eigenvalue weighted by molar-refractivity contribution is 5.91. The summed E-state index contributed by atoms with van der Waals surface area (Å²) in [5, 5.41) is 0. The summed E-state index contributed by atoms with van der Waals surface area (Å²) in [6.45, 7) is 14.4. The Labute approximate surface area is 237 Å². The molecule has 4 saturated carbocycles. The number of carbonyl (C=O) groups excluding carboxylic acids is 1. The van der Waals surface area contributed by atoms with Gasteiger partial charge in [-0.15, -0.1) is 6.58 Å². The summed E-state index contributed by atoms with van der Waals surface area (Å²) < 4.78 is 6.05. The molecule has 1 aromatic carbocycles. The van der Waals surface area contributed by atoms with Crippen LogP contribution in [0.4, 0.5) is 11.4 Å². The van der Waals surface area contributed by atoms with Crippen molar-refractivity contribution in [3.63, 3.8) is 0 Å². The maximum atomic E-state index is 12.9. The Balaban J connectivity index is 1.25. The van der Waals surface area contributed by atoms with Gasteiger partial charge in [-0.25, -0.2) is 4.79 Å². The first-order chi connectivity index (χ1) is 18.6. The van der Waals surface area contributed by atoms with Gasteiger partial charge in [-0.3, -0.25) is 0 Å². The van der Waals surface area contributed by atoms with Gasteiger partial charge in [0.2, 0.25) is 0 Å². The zero-order valence-corrected chi connectivity index (χ0v) is 25.1. The number of allylic oxidation sites excluding steroid dienone is 1. The Morgan fingerprint density at radius 1 is 1.00 bits per heavy atom. The molecule has 4 fully saturated rings. The van der Waals surface area contributed by atoms with Crippen molar-refractivity contribution in [1.82, 2.24) is 0 Å². The minimum absolute atomic E-state index is 0.0359. The van der Waals surface area contributed by atoms with Crippen LogP contribution < -0.4 is 11.5 Å². The van der Waals surface area contributed by atoms with Gasteiger partial charge in [-0.05, 0) is 128 Å². The molecular formula is C35H54N2O2. The van der Waals surface area contributed by atoms with E-state index in [1.807, 2.05) is 0 Å². The molecule has 4 aliphatic rings. The van der Waals surface area contributed by atoms with Crippen molar-refractivity contribution in [2.75, 3.05) is 11.5 Å². The molecule has 1 aromatic rings. The molecule has 4 nitrogen and oxygen atoms in total. The second kappa shape index (κ2) is 11.1. The maximum absolute atomic E-state index is 12.9. The van der Waals surface area contributed by atoms with E-state index in [0.29, 0.717) is 28.3 Å². The van der Waals surface area contributed by atoms with Gasteiger partial charge in [0.15, 0.2) is 0 Å². The van der Waals surface area contributed by atoms with E-state index in [2.05, 4.69) is 40.3 Å². The molecule has 4 N–H and O–H groups in total. The molecule has 4 heteroatoms. The van der Waals surface area contributed by atoms with Gasteiger partial charge >= 0.3 is 5.97 Å². The lowest BCUT2D eigenvalue weighted by Gasteiger charge is -2.61. The van der Waals surface area contributed by atoms with E-state index in [1.165, 1.54) is 57.8 Å². The highest BCUT2D eigenvalue weighted by atomic mass is 16.5. The van der Waals surface area contributed by atoms with E-state index < -0.39 is 0 Å². The summed E-state index contributed by atoms with van der Waals surface area (Å²) in [7, 11) is 0. The molecule has 5 rings (SSSR count). The summed E-state index contributed by atoms with van der Waals surface area (Å²) >= 11 is 0. The number of carbonyl (C=O) groups is 1. The summed E-state index contributed by atoms with van der Waals surface area (Å²) in [5.74, 6) is 5.27. The fourth-order valence-corrected chi connectivity index (χ4v) is 10.5. The van der Waals surface area contributed by atoms with Crippen molar-refractivity contribution < 1.29 is 9.53 Å². The van der Waals surface area contributed by atoms with Crippen LogP contribution in [0.25, 0.3) is 0 Å². The molecule has 9 atom stereocenters. The van der Waals surface area contributed by atoms with Crippen LogP contribution in [0, 0.1) is 52.3 Å². The van der Waals surface area contributed by atoms with E-state index in [4.69, 9.17) is 16.2 Å². The molecule has 0 bridgehead atoms. The smallest absolute Gasteiger partial charge is 0.338 e. The fourth-order valence-electron chi connectivity index (χ4n) is 10.5. The Kier molecular flexibility index (Phi) is 8.15. The minimum Gasteiger partial charge on any atom is -0.459 e. The van der Waals surface area contributed by atoms with E-state index in [0.717, 1.165) is 54.8 Å². The number of benzene rings is 1. The molecule has 0 heterocycles. The molecular weight excluding hydrogens is 480 g/mol. The summed E-state index contributed by atoms with van der Waals surface area (Å²) in [6.07, 6.45) is 17.6. The number of nitrogens with two attached hydrogens (primary N) is 2. The van der Waals surface area contributed by atoms with Gasteiger partial charge < -0.3 is 16.2 Å². The number of hydrogen-bond donors (Lipinski definition) is 2. The number of esters is 1. The van der Waals surface area contributed by atoms with Crippen molar-refractivity contribution in [2.45, 2.75) is 111 Å². The molecule has 0 saturated heterocycles. The molecule has 0 radical (unpaired) electrons. The molecule has 4 aliphatic carbocycles. The standard InChI is InChI=1S/C35H54N2O2/c1-6-35-17-14-28(39-33(38)24-18-26(36)21-27(37)19-24)20-25(35)10-11-29-31-13-12-30(23(4)9-7-8-22(2)3)34(31,5)16-15-32(29)35/h6,18-19,21-23,25,28-32H,1,7-17,20,36-37H2,2-5H3. The van der Waals surface area contributed by atoms with Gasteiger partial charge in [-0.2, -0.15) is 0 Å². The van der Waals surface area contributed by atoms with Gasteiger partial charge in [0.05, 0.1) is 5.56 Å². The Morgan fingerprint density at radius 2 is 1.74 bits per heavy atom. The fraction of sp³-hybridized carbons (Fsp3) is 0.743. The van der Waals surface area contributed by atoms with E-state index in [9.17, 15) is 4.79 Å². The van der Waals surface area contributed by atoms with Crippen LogP contribution in [-0.4, -0.2) is 12.1 Å². The zero-order valence-electron chi connectivity index (χ0n) is 25.1. The van der Waals surface area contributed by atoms with Gasteiger partial charge in [0.1, 0.15) is 6.10 Å². The van der Waals surface area contributed by atoms with Gasteiger partial charge in [0.25, 0.3) is 0 Å². The van der Waals surface area contributed by atoms with Crippen molar-refractivity contribution in [2.24, 2.45) is 52.3 Å². The van der Waals surface area contributed by atoms with Crippen LogP contribution in [0.2, 0.25) is 0 Å². The average Bonchev–Trinajstić information content (AvgIpc) is 3.25. The number of hydrogen-bond acceptors (Lipinski definition) is 4. The number of fused-ring (bicyclic) bond motifs is 5. The topological polar surface area (TPSA) is 78.3 Å². The molecule has 0 aliphatic heterocycles. The van der Waals surface area contributed by atoms with Crippen molar-refractivity contribution in [3.05, 3.63) is 36.4 Å². The SMILES string of the molecule is C=CC12CCC(OC(=O)c3cc(N)cc(N)c3)CC1CCC1C3CCC(C(C)CCCC(C)C)C3(C)CCC12. The maximum Gasteiger partial charge on any atom is 0.338 e. The number of nitrogen functional groups attached to an aromatic ring is 2. The quantitative estimate of drug-likeness (QED) is 0.199. The van der Waals surface area contributed by atoms with E-state index in [-0.39, 0.29) is 17.5 Å². The lowest BCUT2D eigenvalue weighted by atomic mass is 9.44. The third kappa shape index (κ3) is 5.26. The van der Waals surface area contributed by atoms with Crippen LogP contribution in [0.5, 0.6) is 0 Å². The second-order valence-electron chi connectivity index (χ2n) is 14.7. The lowest BCUT2D eigenvalue weighted by molar-refractivity contribution is -0.117. The van der Waals surface area contributed by atoms with Crippen molar-refractivity contribution in [1.29, 1.82) is 0 Å². The third-order valence-electron chi connectivity index (χ3n) is 12.3. The largest absolute Gasteiger partial charge is 0.459 e. The highest BCUT2D eigenvalue weighted by Crippen LogP contribution is 2.69. The molecule has 0 amide bonds. The first-order valence-corrected chi connectivity index (χ1v) is 16.1. The number of anilines is 2. The molecule has 39 heavy (non-hydrogen) atoms. The van der Waals surface area contributed by atoms with Gasteiger partial charge in [0, 0.05) is 11.4 Å². The molecule has 0 spiro atoms. The number of ether oxygens (including phenoxy) is 1. The second-order valence-corrected chi connectivity index (χ2v) is 14.7. The molecule has 9 unspecified atom stereocenters. The van der Waals surface area contributed by atoms with Crippen LogP contribution in [0.3, 0.4) is 0 Å². The Hall–Kier alpha value is -1.97. The van der Waals surface area contributed by atoms with E-state index >= 15 is 0 Å². The van der Waals surface area contributed by atoms with Crippen LogP contribution >= 0.6 is 0 Å². The average molecular weight is 535 g/mol. The predicted octanol–water partition coefficient (Wildman–Crippen LogP) is 8.66.